The number of hydrogen-bond donors (Lipinski definition) is 1. The van der Waals surface area contributed by atoms with Gasteiger partial charge in [-0.1, -0.05) is 31.5 Å². The Bertz CT molecular complexity index is 894. The van der Waals surface area contributed by atoms with Gasteiger partial charge in [0, 0.05) is 69.8 Å². The molecule has 31 heavy (non-hydrogen) atoms. The van der Waals surface area contributed by atoms with E-state index >= 15 is 0 Å². The minimum atomic E-state index is 0. The average Bonchev–Trinajstić information content (AvgIpc) is 3.31. The Morgan fingerprint density at radius 2 is 2.13 bits per heavy atom. The molecule has 1 aromatic carbocycles. The van der Waals surface area contributed by atoms with Gasteiger partial charge >= 0.3 is 0 Å². The molecule has 1 atom stereocenters. The second-order valence-corrected chi connectivity index (χ2v) is 9.12. The largest absolute Gasteiger partial charge is 0.371 e. The van der Waals surface area contributed by atoms with Crippen molar-refractivity contribution in [1.29, 1.82) is 0 Å². The van der Waals surface area contributed by atoms with E-state index < -0.39 is 0 Å². The summed E-state index contributed by atoms with van der Waals surface area (Å²) in [5.74, 6) is 1.91. The van der Waals surface area contributed by atoms with E-state index in [4.69, 9.17) is 11.6 Å². The first-order chi connectivity index (χ1) is 14.3. The van der Waals surface area contributed by atoms with Crippen LogP contribution in [-0.4, -0.2) is 54.4 Å². The van der Waals surface area contributed by atoms with E-state index in [9.17, 15) is 0 Å². The standard InChI is InChI=1S/C23H35ClN6.HI/c1-16(2)22-19(15-29(6)27-22)14-28(5)23(25-4)26-12-18-9-10-30(13-18)21-11-20(24)8-7-17(21)3;/h7-8,11,15-16,18H,9-10,12-14H2,1-6H3,(H,25,26);1H. The molecular weight excluding hydrogens is 523 g/mol. The maximum absolute atomic E-state index is 6.22. The van der Waals surface area contributed by atoms with E-state index in [0.717, 1.165) is 42.9 Å². The van der Waals surface area contributed by atoms with Crippen molar-refractivity contribution in [2.75, 3.05) is 38.6 Å². The zero-order valence-corrected chi connectivity index (χ0v) is 22.6. The molecular formula is C23H36ClIN6. The molecule has 8 heteroatoms. The van der Waals surface area contributed by atoms with Crippen LogP contribution in [0.25, 0.3) is 0 Å². The lowest BCUT2D eigenvalue weighted by atomic mass is 10.1. The van der Waals surface area contributed by atoms with E-state index in [1.165, 1.54) is 23.2 Å². The van der Waals surface area contributed by atoms with E-state index in [0.29, 0.717) is 11.8 Å². The van der Waals surface area contributed by atoms with Gasteiger partial charge in [0.05, 0.1) is 5.69 Å². The molecule has 1 aliphatic heterocycles. The number of guanidine groups is 1. The molecule has 1 aromatic heterocycles. The molecule has 2 aromatic rings. The van der Waals surface area contributed by atoms with E-state index in [1.54, 1.807) is 0 Å². The number of aryl methyl sites for hydroxylation is 2. The molecule has 3 rings (SSSR count). The third kappa shape index (κ3) is 6.51. The van der Waals surface area contributed by atoms with Gasteiger partial charge in [-0.3, -0.25) is 9.67 Å². The Hall–Kier alpha value is -1.48. The van der Waals surface area contributed by atoms with Crippen LogP contribution < -0.4 is 10.2 Å². The number of benzene rings is 1. The summed E-state index contributed by atoms with van der Waals surface area (Å²) in [6.07, 6.45) is 3.28. The van der Waals surface area contributed by atoms with Crippen molar-refractivity contribution < 1.29 is 0 Å². The number of nitrogens with zero attached hydrogens (tertiary/aromatic N) is 5. The summed E-state index contributed by atoms with van der Waals surface area (Å²) < 4.78 is 1.90. The number of aliphatic imine (C=N–C) groups is 1. The number of aromatic nitrogens is 2. The maximum Gasteiger partial charge on any atom is 0.193 e. The lowest BCUT2D eigenvalue weighted by molar-refractivity contribution is 0.460. The van der Waals surface area contributed by atoms with Gasteiger partial charge in [-0.15, -0.1) is 24.0 Å². The predicted octanol–water partition coefficient (Wildman–Crippen LogP) is 4.66. The molecule has 1 fully saturated rings. The third-order valence-corrected chi connectivity index (χ3v) is 6.05. The normalized spacial score (nSPS) is 16.6. The number of hydrogen-bond acceptors (Lipinski definition) is 3. The van der Waals surface area contributed by atoms with Crippen molar-refractivity contribution in [3.05, 3.63) is 46.2 Å². The molecule has 0 bridgehead atoms. The van der Waals surface area contributed by atoms with Crippen LogP contribution in [0.5, 0.6) is 0 Å². The van der Waals surface area contributed by atoms with Gasteiger partial charge in [0.1, 0.15) is 0 Å². The summed E-state index contributed by atoms with van der Waals surface area (Å²) in [6.45, 7) is 10.3. The zero-order valence-electron chi connectivity index (χ0n) is 19.5. The Morgan fingerprint density at radius 1 is 1.39 bits per heavy atom. The first kappa shape index (κ1) is 25.8. The van der Waals surface area contributed by atoms with Crippen molar-refractivity contribution >= 4 is 47.2 Å². The average molecular weight is 559 g/mol. The van der Waals surface area contributed by atoms with Gasteiger partial charge in [-0.05, 0) is 42.9 Å². The molecule has 1 aliphatic rings. The first-order valence-corrected chi connectivity index (χ1v) is 11.1. The van der Waals surface area contributed by atoms with Gasteiger partial charge in [0.25, 0.3) is 0 Å². The summed E-state index contributed by atoms with van der Waals surface area (Å²) >= 11 is 6.22. The Labute approximate surface area is 209 Å². The number of nitrogens with one attached hydrogen (secondary N) is 1. The smallest absolute Gasteiger partial charge is 0.193 e. The highest BCUT2D eigenvalue weighted by Crippen LogP contribution is 2.29. The van der Waals surface area contributed by atoms with Crippen molar-refractivity contribution in [3.63, 3.8) is 0 Å². The fourth-order valence-corrected chi connectivity index (χ4v) is 4.42. The molecule has 1 N–H and O–H groups in total. The van der Waals surface area contributed by atoms with Crippen LogP contribution in [0.3, 0.4) is 0 Å². The number of halogens is 2. The van der Waals surface area contributed by atoms with Gasteiger partial charge in [0.2, 0.25) is 0 Å². The quantitative estimate of drug-likeness (QED) is 0.318. The molecule has 6 nitrogen and oxygen atoms in total. The molecule has 0 amide bonds. The predicted molar refractivity (Wildman–Crippen MR) is 142 cm³/mol. The van der Waals surface area contributed by atoms with Crippen LogP contribution in [0.15, 0.2) is 29.4 Å². The Kier molecular flexibility index (Phi) is 9.48. The van der Waals surface area contributed by atoms with Crippen LogP contribution in [0.1, 0.15) is 43.0 Å². The van der Waals surface area contributed by atoms with E-state index in [-0.39, 0.29) is 24.0 Å². The highest BCUT2D eigenvalue weighted by Gasteiger charge is 2.24. The third-order valence-electron chi connectivity index (χ3n) is 5.81. The Balaban J connectivity index is 0.00000341. The highest BCUT2D eigenvalue weighted by molar-refractivity contribution is 14.0. The van der Waals surface area contributed by atoms with Gasteiger partial charge in [0.15, 0.2) is 5.96 Å². The van der Waals surface area contributed by atoms with Crippen molar-refractivity contribution in [2.24, 2.45) is 18.0 Å². The summed E-state index contributed by atoms with van der Waals surface area (Å²) in [6, 6.07) is 6.14. The molecule has 0 saturated carbocycles. The summed E-state index contributed by atoms with van der Waals surface area (Å²) in [4.78, 5) is 9.13. The molecule has 0 aliphatic carbocycles. The SMILES string of the molecule is CN=C(NCC1CCN(c2cc(Cl)ccc2C)C1)N(C)Cc1cn(C)nc1C(C)C.I. The lowest BCUT2D eigenvalue weighted by Crippen LogP contribution is -2.41. The van der Waals surface area contributed by atoms with Crippen molar-refractivity contribution in [1.82, 2.24) is 20.0 Å². The van der Waals surface area contributed by atoms with Gasteiger partial charge in [-0.25, -0.2) is 0 Å². The van der Waals surface area contributed by atoms with Crippen LogP contribution in [0.2, 0.25) is 5.02 Å². The second-order valence-electron chi connectivity index (χ2n) is 8.68. The van der Waals surface area contributed by atoms with Crippen LogP contribution in [0, 0.1) is 12.8 Å². The first-order valence-electron chi connectivity index (χ1n) is 10.7. The fraction of sp³-hybridized carbons (Fsp3) is 0.565. The maximum atomic E-state index is 6.22. The van der Waals surface area contributed by atoms with E-state index in [2.05, 4.69) is 71.4 Å². The summed E-state index contributed by atoms with van der Waals surface area (Å²) in [5, 5.41) is 9.00. The molecule has 2 heterocycles. The second kappa shape index (κ2) is 11.4. The van der Waals surface area contributed by atoms with Crippen LogP contribution >= 0.6 is 35.6 Å². The van der Waals surface area contributed by atoms with Crippen LogP contribution in [-0.2, 0) is 13.6 Å². The number of rotatable bonds is 6. The monoisotopic (exact) mass is 558 g/mol. The van der Waals surface area contributed by atoms with Gasteiger partial charge in [-0.2, -0.15) is 5.10 Å². The van der Waals surface area contributed by atoms with Crippen molar-refractivity contribution in [2.45, 2.75) is 39.7 Å². The van der Waals surface area contributed by atoms with Crippen molar-refractivity contribution in [3.8, 4) is 0 Å². The summed E-state index contributed by atoms with van der Waals surface area (Å²) in [5.41, 5.74) is 4.94. The number of anilines is 1. The minimum Gasteiger partial charge on any atom is -0.371 e. The Morgan fingerprint density at radius 3 is 2.81 bits per heavy atom. The fourth-order valence-electron chi connectivity index (χ4n) is 4.25. The molecule has 1 saturated heterocycles. The van der Waals surface area contributed by atoms with E-state index in [1.807, 2.05) is 24.8 Å². The molecule has 0 spiro atoms. The molecule has 0 radical (unpaired) electrons. The highest BCUT2D eigenvalue weighted by atomic mass is 127. The minimum absolute atomic E-state index is 0. The van der Waals surface area contributed by atoms with Crippen LogP contribution in [0.4, 0.5) is 5.69 Å². The zero-order chi connectivity index (χ0) is 21.8. The topological polar surface area (TPSA) is 48.7 Å². The van der Waals surface area contributed by atoms with Gasteiger partial charge < -0.3 is 15.1 Å². The molecule has 1 unspecified atom stereocenters. The molecule has 172 valence electrons. The lowest BCUT2D eigenvalue weighted by Gasteiger charge is -2.24. The summed E-state index contributed by atoms with van der Waals surface area (Å²) in [7, 11) is 5.92.